The summed E-state index contributed by atoms with van der Waals surface area (Å²) in [6.07, 6.45) is 3.50. The van der Waals surface area contributed by atoms with E-state index in [0.717, 1.165) is 21.8 Å². The maximum absolute atomic E-state index is 12.3. The van der Waals surface area contributed by atoms with E-state index in [1.165, 1.54) is 11.8 Å². The van der Waals surface area contributed by atoms with E-state index in [1.54, 1.807) is 23.9 Å². The summed E-state index contributed by atoms with van der Waals surface area (Å²) in [5.74, 6) is 0.838. The Hall–Kier alpha value is -3.32. The van der Waals surface area contributed by atoms with Crippen LogP contribution in [0.2, 0.25) is 0 Å². The molecular formula is C21H18N4O2S. The predicted molar refractivity (Wildman–Crippen MR) is 111 cm³/mol. The lowest BCUT2D eigenvalue weighted by Gasteiger charge is -2.07. The van der Waals surface area contributed by atoms with E-state index in [0.29, 0.717) is 11.4 Å². The molecule has 0 fully saturated rings. The minimum Gasteiger partial charge on any atom is -0.497 e. The quantitative estimate of drug-likeness (QED) is 0.501. The number of rotatable bonds is 6. The summed E-state index contributed by atoms with van der Waals surface area (Å²) in [5.41, 5.74) is 3.49. The Balaban J connectivity index is 1.48. The number of amides is 1. The third-order valence-electron chi connectivity index (χ3n) is 4.12. The first kappa shape index (κ1) is 18.1. The van der Waals surface area contributed by atoms with Gasteiger partial charge in [0.2, 0.25) is 5.91 Å². The number of thioether (sulfide) groups is 1. The second-order valence-corrected chi connectivity index (χ2v) is 6.99. The Morgan fingerprint density at radius 2 is 2.00 bits per heavy atom. The van der Waals surface area contributed by atoms with E-state index in [9.17, 15) is 4.79 Å². The Labute approximate surface area is 166 Å². The molecule has 4 rings (SSSR count). The number of aromatic nitrogens is 3. The molecular weight excluding hydrogens is 372 g/mol. The lowest BCUT2D eigenvalue weighted by molar-refractivity contribution is -0.113. The Morgan fingerprint density at radius 3 is 2.82 bits per heavy atom. The number of anilines is 1. The Kier molecular flexibility index (Phi) is 5.25. The summed E-state index contributed by atoms with van der Waals surface area (Å²) in [4.78, 5) is 16.7. The minimum absolute atomic E-state index is 0.107. The molecule has 1 N–H and O–H groups in total. The van der Waals surface area contributed by atoms with Gasteiger partial charge in [-0.2, -0.15) is 5.10 Å². The lowest BCUT2D eigenvalue weighted by atomic mass is 10.1. The van der Waals surface area contributed by atoms with Gasteiger partial charge in [0.05, 0.1) is 24.1 Å². The fraction of sp³-hybridized carbons (Fsp3) is 0.0952. The number of hydrogen-bond acceptors (Lipinski definition) is 5. The van der Waals surface area contributed by atoms with Crippen LogP contribution in [0.15, 0.2) is 78.1 Å². The maximum Gasteiger partial charge on any atom is 0.234 e. The highest BCUT2D eigenvalue weighted by Gasteiger charge is 2.11. The normalized spacial score (nSPS) is 10.8. The number of carbonyl (C=O) groups is 1. The van der Waals surface area contributed by atoms with Crippen molar-refractivity contribution in [3.05, 3.63) is 73.1 Å². The first-order chi connectivity index (χ1) is 13.7. The number of fused-ring (bicyclic) bond motifs is 1. The number of carbonyl (C=O) groups excluding carboxylic acids is 1. The largest absolute Gasteiger partial charge is 0.497 e. The minimum atomic E-state index is -0.107. The van der Waals surface area contributed by atoms with Gasteiger partial charge in [-0.25, -0.2) is 9.50 Å². The molecule has 28 heavy (non-hydrogen) atoms. The van der Waals surface area contributed by atoms with E-state index in [1.807, 2.05) is 60.8 Å². The third kappa shape index (κ3) is 3.99. The molecule has 0 saturated carbocycles. The highest BCUT2D eigenvalue weighted by Crippen LogP contribution is 2.26. The van der Waals surface area contributed by atoms with Crippen LogP contribution in [0.1, 0.15) is 0 Å². The van der Waals surface area contributed by atoms with Crippen LogP contribution in [0.3, 0.4) is 0 Å². The molecule has 0 aliphatic carbocycles. The van der Waals surface area contributed by atoms with Crippen molar-refractivity contribution in [2.45, 2.75) is 5.03 Å². The van der Waals surface area contributed by atoms with Crippen molar-refractivity contribution in [3.8, 4) is 17.0 Å². The zero-order valence-electron chi connectivity index (χ0n) is 15.2. The van der Waals surface area contributed by atoms with Gasteiger partial charge in [0.15, 0.2) is 0 Å². The van der Waals surface area contributed by atoms with Gasteiger partial charge < -0.3 is 10.1 Å². The highest BCUT2D eigenvalue weighted by molar-refractivity contribution is 8.00. The number of benzene rings is 2. The van der Waals surface area contributed by atoms with Gasteiger partial charge in [0.25, 0.3) is 0 Å². The van der Waals surface area contributed by atoms with Crippen molar-refractivity contribution in [1.29, 1.82) is 0 Å². The molecule has 2 aromatic carbocycles. The average molecular weight is 390 g/mol. The van der Waals surface area contributed by atoms with Crippen LogP contribution in [0, 0.1) is 0 Å². The number of nitrogens with one attached hydrogen (secondary N) is 1. The molecule has 0 radical (unpaired) electrons. The molecule has 0 atom stereocenters. The SMILES string of the molecule is COc1cccc(NC(=O)CSc2nccn3nc(-c4ccccc4)cc23)c1. The second kappa shape index (κ2) is 8.14. The molecule has 4 aromatic rings. The van der Waals surface area contributed by atoms with E-state index in [-0.39, 0.29) is 11.7 Å². The fourth-order valence-corrected chi connectivity index (χ4v) is 3.57. The fourth-order valence-electron chi connectivity index (χ4n) is 2.79. The van der Waals surface area contributed by atoms with Gasteiger partial charge in [-0.1, -0.05) is 48.2 Å². The molecule has 0 aliphatic heterocycles. The maximum atomic E-state index is 12.3. The smallest absolute Gasteiger partial charge is 0.234 e. The van der Waals surface area contributed by atoms with Gasteiger partial charge in [0, 0.05) is 29.7 Å². The first-order valence-electron chi connectivity index (χ1n) is 8.69. The van der Waals surface area contributed by atoms with Gasteiger partial charge in [-0.15, -0.1) is 0 Å². The number of methoxy groups -OCH3 is 1. The second-order valence-electron chi connectivity index (χ2n) is 6.03. The van der Waals surface area contributed by atoms with Gasteiger partial charge in [-0.3, -0.25) is 4.79 Å². The first-order valence-corrected chi connectivity index (χ1v) is 9.68. The number of ether oxygens (including phenoxy) is 1. The van der Waals surface area contributed by atoms with E-state index >= 15 is 0 Å². The molecule has 0 unspecified atom stereocenters. The van der Waals surface area contributed by atoms with Crippen LogP contribution in [-0.2, 0) is 4.79 Å². The van der Waals surface area contributed by atoms with Gasteiger partial charge in [-0.05, 0) is 18.2 Å². The predicted octanol–water partition coefficient (Wildman–Crippen LogP) is 4.14. The van der Waals surface area contributed by atoms with E-state index in [4.69, 9.17) is 4.74 Å². The molecule has 0 bridgehead atoms. The van der Waals surface area contributed by atoms with Crippen molar-refractivity contribution in [2.75, 3.05) is 18.2 Å². The van der Waals surface area contributed by atoms with Gasteiger partial charge >= 0.3 is 0 Å². The third-order valence-corrected chi connectivity index (χ3v) is 5.11. The van der Waals surface area contributed by atoms with Crippen molar-refractivity contribution >= 4 is 28.9 Å². The van der Waals surface area contributed by atoms with E-state index < -0.39 is 0 Å². The summed E-state index contributed by atoms with van der Waals surface area (Å²) in [5, 5.41) is 8.24. The van der Waals surface area contributed by atoms with Crippen LogP contribution in [0.5, 0.6) is 5.75 Å². The van der Waals surface area contributed by atoms with Crippen LogP contribution >= 0.6 is 11.8 Å². The molecule has 140 valence electrons. The summed E-state index contributed by atoms with van der Waals surface area (Å²) >= 11 is 1.38. The average Bonchev–Trinajstić information content (AvgIpc) is 3.18. The van der Waals surface area contributed by atoms with Crippen molar-refractivity contribution < 1.29 is 9.53 Å². The number of nitrogens with zero attached hydrogens (tertiary/aromatic N) is 3. The summed E-state index contributed by atoms with van der Waals surface area (Å²) in [6.45, 7) is 0. The van der Waals surface area contributed by atoms with Crippen LogP contribution in [0.4, 0.5) is 5.69 Å². The summed E-state index contributed by atoms with van der Waals surface area (Å²) in [7, 11) is 1.60. The number of hydrogen-bond donors (Lipinski definition) is 1. The summed E-state index contributed by atoms with van der Waals surface area (Å²) < 4.78 is 6.97. The molecule has 0 saturated heterocycles. The zero-order chi connectivity index (χ0) is 19.3. The Bertz CT molecular complexity index is 1110. The molecule has 6 nitrogen and oxygen atoms in total. The molecule has 0 aliphatic rings. The standard InChI is InChI=1S/C21H18N4O2S/c1-27-17-9-5-8-16(12-17)23-20(26)14-28-21-19-13-18(15-6-3-2-4-7-15)24-25(19)11-10-22-21/h2-13H,14H2,1H3,(H,23,26). The zero-order valence-corrected chi connectivity index (χ0v) is 16.0. The van der Waals surface area contributed by atoms with Crippen molar-refractivity contribution in [2.24, 2.45) is 0 Å². The lowest BCUT2D eigenvalue weighted by Crippen LogP contribution is -2.14. The van der Waals surface area contributed by atoms with Crippen LogP contribution in [0.25, 0.3) is 16.8 Å². The molecule has 7 heteroatoms. The van der Waals surface area contributed by atoms with Gasteiger partial charge in [0.1, 0.15) is 10.8 Å². The topological polar surface area (TPSA) is 68.5 Å². The molecule has 2 aromatic heterocycles. The molecule has 2 heterocycles. The Morgan fingerprint density at radius 1 is 1.14 bits per heavy atom. The highest BCUT2D eigenvalue weighted by atomic mass is 32.2. The van der Waals surface area contributed by atoms with Crippen molar-refractivity contribution in [3.63, 3.8) is 0 Å². The monoisotopic (exact) mass is 390 g/mol. The molecule has 0 spiro atoms. The van der Waals surface area contributed by atoms with E-state index in [2.05, 4.69) is 15.4 Å². The van der Waals surface area contributed by atoms with Crippen molar-refractivity contribution in [1.82, 2.24) is 14.6 Å². The molecule has 1 amide bonds. The van der Waals surface area contributed by atoms with Crippen LogP contribution in [-0.4, -0.2) is 33.4 Å². The van der Waals surface area contributed by atoms with Crippen LogP contribution < -0.4 is 10.1 Å². The summed E-state index contributed by atoms with van der Waals surface area (Å²) in [6, 6.07) is 19.2.